The lowest BCUT2D eigenvalue weighted by Gasteiger charge is -2.10. The molecule has 0 aliphatic rings. The van der Waals surface area contributed by atoms with Gasteiger partial charge in [0.15, 0.2) is 0 Å². The summed E-state index contributed by atoms with van der Waals surface area (Å²) in [6.07, 6.45) is 2.11. The molecule has 0 atom stereocenters. The van der Waals surface area contributed by atoms with E-state index in [1.165, 1.54) is 11.0 Å². The third-order valence-electron chi connectivity index (χ3n) is 3.86. The molecule has 25 heavy (non-hydrogen) atoms. The number of rotatable bonds is 6. The van der Waals surface area contributed by atoms with E-state index in [0.29, 0.717) is 13.0 Å². The van der Waals surface area contributed by atoms with Crippen LogP contribution in [0.2, 0.25) is 0 Å². The number of nitrogens with one attached hydrogen (secondary N) is 1. The maximum Gasteiger partial charge on any atom is 0.240 e. The second kappa shape index (κ2) is 7.12. The van der Waals surface area contributed by atoms with Crippen LogP contribution in [-0.2, 0) is 16.4 Å². The Kier molecular flexibility index (Phi) is 4.91. The van der Waals surface area contributed by atoms with Gasteiger partial charge in [-0.25, -0.2) is 17.8 Å². The van der Waals surface area contributed by atoms with Crippen LogP contribution in [0.4, 0.5) is 0 Å². The Morgan fingerprint density at radius 3 is 2.64 bits per heavy atom. The summed E-state index contributed by atoms with van der Waals surface area (Å²) in [6, 6.07) is 12.9. The van der Waals surface area contributed by atoms with Crippen LogP contribution in [0.3, 0.4) is 0 Å². The van der Waals surface area contributed by atoms with Crippen molar-refractivity contribution < 1.29 is 8.42 Å². The molecule has 0 saturated heterocycles. The molecule has 0 unspecified atom stereocenters. The van der Waals surface area contributed by atoms with Crippen molar-refractivity contribution in [2.45, 2.75) is 25.2 Å². The average Bonchev–Trinajstić information content (AvgIpc) is 3.09. The summed E-state index contributed by atoms with van der Waals surface area (Å²) < 4.78 is 29.1. The van der Waals surface area contributed by atoms with Crippen LogP contribution in [0.15, 0.2) is 53.7 Å². The van der Waals surface area contributed by atoms with E-state index in [1.54, 1.807) is 18.2 Å². The number of benzene rings is 2. The van der Waals surface area contributed by atoms with E-state index in [2.05, 4.69) is 26.3 Å². The number of tetrazole rings is 1. The molecule has 1 heterocycles. The fraction of sp³-hybridized carbons (Fsp3) is 0.235. The van der Waals surface area contributed by atoms with E-state index in [9.17, 15) is 8.42 Å². The highest BCUT2D eigenvalue weighted by Crippen LogP contribution is 2.18. The molecule has 0 bridgehead atoms. The molecule has 0 aliphatic carbocycles. The first-order valence-corrected chi connectivity index (χ1v) is 9.33. The fourth-order valence-corrected chi connectivity index (χ4v) is 3.72. The minimum Gasteiger partial charge on any atom is -0.211 e. The quantitative estimate of drug-likeness (QED) is 0.726. The SMILES string of the molecule is Cc1cccc(CCNS(=O)(=O)c2ccc(-n3cnnn3)c(C)c2)c1. The Morgan fingerprint density at radius 1 is 1.12 bits per heavy atom. The number of sulfonamides is 1. The Bertz CT molecular complexity index is 968. The number of aromatic nitrogens is 4. The summed E-state index contributed by atoms with van der Waals surface area (Å²) in [4.78, 5) is 0.228. The molecule has 0 amide bonds. The van der Waals surface area contributed by atoms with Crippen molar-refractivity contribution in [2.75, 3.05) is 6.54 Å². The standard InChI is InChI=1S/C17H19N5O2S/c1-13-4-3-5-15(10-13)8-9-19-25(23,24)16-6-7-17(14(2)11-16)22-12-18-20-21-22/h3-7,10-12,19H,8-9H2,1-2H3. The lowest BCUT2D eigenvalue weighted by Crippen LogP contribution is -2.26. The Morgan fingerprint density at radius 2 is 1.96 bits per heavy atom. The van der Waals surface area contributed by atoms with Crippen molar-refractivity contribution >= 4 is 10.0 Å². The number of hydrogen-bond acceptors (Lipinski definition) is 5. The monoisotopic (exact) mass is 357 g/mol. The van der Waals surface area contributed by atoms with E-state index in [0.717, 1.165) is 22.4 Å². The van der Waals surface area contributed by atoms with Gasteiger partial charge in [-0.2, -0.15) is 0 Å². The molecule has 0 fully saturated rings. The maximum absolute atomic E-state index is 12.5. The van der Waals surface area contributed by atoms with Crippen LogP contribution < -0.4 is 4.72 Å². The first-order valence-electron chi connectivity index (χ1n) is 7.85. The highest BCUT2D eigenvalue weighted by Gasteiger charge is 2.15. The maximum atomic E-state index is 12.5. The summed E-state index contributed by atoms with van der Waals surface area (Å²) in [5, 5.41) is 11.0. The van der Waals surface area contributed by atoms with Gasteiger partial charge in [0.1, 0.15) is 6.33 Å². The molecular weight excluding hydrogens is 338 g/mol. The normalized spacial score (nSPS) is 11.6. The molecule has 0 spiro atoms. The van der Waals surface area contributed by atoms with Crippen molar-refractivity contribution in [3.63, 3.8) is 0 Å². The zero-order chi connectivity index (χ0) is 17.9. The summed E-state index contributed by atoms with van der Waals surface area (Å²) in [7, 11) is -3.56. The lowest BCUT2D eigenvalue weighted by atomic mass is 10.1. The first kappa shape index (κ1) is 17.2. The number of nitrogens with zero attached hydrogens (tertiary/aromatic N) is 4. The molecule has 7 nitrogen and oxygen atoms in total. The second-order valence-corrected chi connectivity index (χ2v) is 7.61. The molecule has 3 rings (SSSR count). The summed E-state index contributed by atoms with van der Waals surface area (Å²) in [6.45, 7) is 4.19. The van der Waals surface area contributed by atoms with Crippen LogP contribution in [0.1, 0.15) is 16.7 Å². The predicted molar refractivity (Wildman–Crippen MR) is 94.0 cm³/mol. The largest absolute Gasteiger partial charge is 0.240 e. The molecule has 8 heteroatoms. The van der Waals surface area contributed by atoms with Crippen LogP contribution in [0.25, 0.3) is 5.69 Å². The number of hydrogen-bond donors (Lipinski definition) is 1. The minimum atomic E-state index is -3.56. The molecule has 0 saturated carbocycles. The third kappa shape index (κ3) is 4.09. The molecule has 2 aromatic carbocycles. The van der Waals surface area contributed by atoms with Gasteiger partial charge in [-0.15, -0.1) is 5.10 Å². The smallest absolute Gasteiger partial charge is 0.211 e. The van der Waals surface area contributed by atoms with Crippen molar-refractivity contribution in [3.05, 3.63) is 65.5 Å². The van der Waals surface area contributed by atoms with Crippen molar-refractivity contribution in [3.8, 4) is 5.69 Å². The topological polar surface area (TPSA) is 89.8 Å². The van der Waals surface area contributed by atoms with Gasteiger partial charge in [0.25, 0.3) is 0 Å². The molecular formula is C17H19N5O2S. The summed E-state index contributed by atoms with van der Waals surface area (Å²) in [5.74, 6) is 0. The number of aryl methyl sites for hydroxylation is 2. The Balaban J connectivity index is 1.71. The van der Waals surface area contributed by atoms with E-state index in [1.807, 2.05) is 32.0 Å². The van der Waals surface area contributed by atoms with Gasteiger partial charge in [0.05, 0.1) is 10.6 Å². The van der Waals surface area contributed by atoms with Gasteiger partial charge in [0, 0.05) is 6.54 Å². The zero-order valence-corrected chi connectivity index (χ0v) is 14.9. The van der Waals surface area contributed by atoms with Crippen molar-refractivity contribution in [2.24, 2.45) is 0 Å². The highest BCUT2D eigenvalue weighted by molar-refractivity contribution is 7.89. The van der Waals surface area contributed by atoms with E-state index < -0.39 is 10.0 Å². The second-order valence-electron chi connectivity index (χ2n) is 5.84. The molecule has 3 aromatic rings. The zero-order valence-electron chi connectivity index (χ0n) is 14.0. The Labute approximate surface area is 146 Å². The lowest BCUT2D eigenvalue weighted by molar-refractivity contribution is 0.581. The molecule has 0 aliphatic heterocycles. The molecule has 0 radical (unpaired) electrons. The summed E-state index contributed by atoms with van der Waals surface area (Å²) >= 11 is 0. The highest BCUT2D eigenvalue weighted by atomic mass is 32.2. The van der Waals surface area contributed by atoms with Gasteiger partial charge in [-0.05, 0) is 60.0 Å². The van der Waals surface area contributed by atoms with Crippen LogP contribution >= 0.6 is 0 Å². The Hall–Kier alpha value is -2.58. The van der Waals surface area contributed by atoms with Gasteiger partial charge in [0.2, 0.25) is 10.0 Å². The minimum absolute atomic E-state index is 0.228. The summed E-state index contributed by atoms with van der Waals surface area (Å²) in [5.41, 5.74) is 3.78. The van der Waals surface area contributed by atoms with Crippen LogP contribution in [-0.4, -0.2) is 35.2 Å². The van der Waals surface area contributed by atoms with Crippen molar-refractivity contribution in [1.82, 2.24) is 24.9 Å². The molecule has 1 aromatic heterocycles. The van der Waals surface area contributed by atoms with Crippen LogP contribution in [0.5, 0.6) is 0 Å². The van der Waals surface area contributed by atoms with Crippen molar-refractivity contribution in [1.29, 1.82) is 0 Å². The molecule has 1 N–H and O–H groups in total. The van der Waals surface area contributed by atoms with E-state index in [-0.39, 0.29) is 4.90 Å². The van der Waals surface area contributed by atoms with Gasteiger partial charge in [-0.3, -0.25) is 0 Å². The van der Waals surface area contributed by atoms with Gasteiger partial charge >= 0.3 is 0 Å². The van der Waals surface area contributed by atoms with Gasteiger partial charge in [-0.1, -0.05) is 29.8 Å². The van der Waals surface area contributed by atoms with E-state index in [4.69, 9.17) is 0 Å². The van der Waals surface area contributed by atoms with Crippen LogP contribution in [0, 0.1) is 13.8 Å². The fourth-order valence-electron chi connectivity index (χ4n) is 2.60. The van der Waals surface area contributed by atoms with E-state index >= 15 is 0 Å². The third-order valence-corrected chi connectivity index (χ3v) is 5.32. The average molecular weight is 357 g/mol. The molecule has 130 valence electrons. The first-order chi connectivity index (χ1) is 12.0. The van der Waals surface area contributed by atoms with Gasteiger partial charge < -0.3 is 0 Å². The predicted octanol–water partition coefficient (Wildman–Crippen LogP) is 1.80.